The number of hydrogen-bond donors (Lipinski definition) is 1. The first-order chi connectivity index (χ1) is 15.0. The second-order valence-corrected chi connectivity index (χ2v) is 8.04. The molecule has 0 saturated heterocycles. The van der Waals surface area contributed by atoms with Crippen LogP contribution in [0.15, 0.2) is 58.8 Å². The van der Waals surface area contributed by atoms with E-state index in [0.29, 0.717) is 0 Å². The molecule has 0 aliphatic heterocycles. The van der Waals surface area contributed by atoms with Crippen molar-refractivity contribution in [2.75, 3.05) is 0 Å². The van der Waals surface area contributed by atoms with Crippen LogP contribution < -0.4 is 0 Å². The number of fused-ring (bicyclic) bond motifs is 4. The predicted octanol–water partition coefficient (Wildman–Crippen LogP) is 6.67. The van der Waals surface area contributed by atoms with Crippen LogP contribution in [0.2, 0.25) is 0 Å². The predicted molar refractivity (Wildman–Crippen MR) is 124 cm³/mol. The summed E-state index contributed by atoms with van der Waals surface area (Å²) in [5, 5.41) is 12.0. The van der Waals surface area contributed by atoms with Gasteiger partial charge in [-0.2, -0.15) is 0 Å². The van der Waals surface area contributed by atoms with Crippen LogP contribution in [0.3, 0.4) is 0 Å². The molecule has 2 aromatic carbocycles. The minimum Gasteiger partial charge on any atom is -0.512 e. The maximum absolute atomic E-state index is 10.0. The van der Waals surface area contributed by atoms with Gasteiger partial charge in [0.1, 0.15) is 0 Å². The number of allylic oxidation sites excluding steroid dienone is 2. The Balaban J connectivity index is 0.000000318. The molecule has 1 radical (unpaired) electrons. The Bertz CT molecular complexity index is 1290. The second kappa shape index (κ2) is 10.2. The van der Waals surface area contributed by atoms with Crippen LogP contribution in [0.5, 0.6) is 0 Å². The van der Waals surface area contributed by atoms with Crippen molar-refractivity contribution in [1.29, 1.82) is 0 Å². The molecule has 1 aliphatic rings. The maximum atomic E-state index is 10.0. The number of benzene rings is 2. The van der Waals surface area contributed by atoms with Crippen LogP contribution in [0.1, 0.15) is 43.6 Å². The molecule has 0 spiro atoms. The number of carbonyl (C=O) groups excluding carboxylic acids is 1. The van der Waals surface area contributed by atoms with Gasteiger partial charge in [0.2, 0.25) is 0 Å². The topological polar surface area (TPSA) is 63.3 Å². The van der Waals surface area contributed by atoms with E-state index in [9.17, 15) is 4.79 Å². The summed E-state index contributed by atoms with van der Waals surface area (Å²) in [7, 11) is 0. The van der Waals surface area contributed by atoms with Crippen molar-refractivity contribution < 1.29 is 34.4 Å². The van der Waals surface area contributed by atoms with Gasteiger partial charge in [-0.1, -0.05) is 42.1 Å². The minimum absolute atomic E-state index is 0. The molecule has 0 saturated carbocycles. The molecule has 0 fully saturated rings. The number of furan rings is 1. The van der Waals surface area contributed by atoms with Gasteiger partial charge in [-0.25, -0.2) is 0 Å². The molecule has 0 amide bonds. The first-order valence-electron chi connectivity index (χ1n) is 10.6. The van der Waals surface area contributed by atoms with Gasteiger partial charge in [0.15, 0.2) is 5.78 Å². The van der Waals surface area contributed by atoms with Gasteiger partial charge in [-0.15, -0.1) is 17.7 Å². The fourth-order valence-electron chi connectivity index (χ4n) is 4.27. The smallest absolute Gasteiger partial charge is 0.155 e. The number of aliphatic hydroxyl groups is 1. The Kier molecular flexibility index (Phi) is 7.65. The van der Waals surface area contributed by atoms with Crippen LogP contribution in [0.4, 0.5) is 0 Å². The van der Waals surface area contributed by atoms with E-state index < -0.39 is 0 Å². The summed E-state index contributed by atoms with van der Waals surface area (Å²) in [6, 6.07) is 16.0. The molecule has 0 unspecified atom stereocenters. The van der Waals surface area contributed by atoms with Crippen molar-refractivity contribution in [1.82, 2.24) is 4.98 Å². The zero-order valence-electron chi connectivity index (χ0n) is 18.5. The SMILES string of the molecule is CC(=O)/C=C(/C)O.Cc1c[c-]c(-c2nccc3ccccc23)c2oc3c(c12)CCCC3.[Ir]. The Labute approximate surface area is 201 Å². The number of aryl methyl sites for hydroxylation is 3. The summed E-state index contributed by atoms with van der Waals surface area (Å²) in [5.74, 6) is 1.10. The molecule has 0 bridgehead atoms. The molecule has 2 aromatic heterocycles. The van der Waals surface area contributed by atoms with Crippen LogP contribution in [0.25, 0.3) is 33.0 Å². The Morgan fingerprint density at radius 2 is 1.91 bits per heavy atom. The van der Waals surface area contributed by atoms with Gasteiger partial charge in [0, 0.05) is 38.8 Å². The van der Waals surface area contributed by atoms with Crippen LogP contribution in [0, 0.1) is 13.0 Å². The fraction of sp³-hybridized carbons (Fsp3) is 0.259. The summed E-state index contributed by atoms with van der Waals surface area (Å²) in [5.41, 5.74) is 5.57. The van der Waals surface area contributed by atoms with Crippen molar-refractivity contribution in [3.63, 3.8) is 0 Å². The monoisotopic (exact) mass is 605 g/mol. The zero-order valence-corrected chi connectivity index (χ0v) is 20.9. The van der Waals surface area contributed by atoms with E-state index in [-0.39, 0.29) is 31.6 Å². The molecule has 4 nitrogen and oxygen atoms in total. The van der Waals surface area contributed by atoms with E-state index in [1.165, 1.54) is 60.4 Å². The van der Waals surface area contributed by atoms with E-state index >= 15 is 0 Å². The van der Waals surface area contributed by atoms with Gasteiger partial charge in [0.25, 0.3) is 0 Å². The molecule has 1 N–H and O–H groups in total. The van der Waals surface area contributed by atoms with Crippen LogP contribution >= 0.6 is 0 Å². The van der Waals surface area contributed by atoms with Crippen molar-refractivity contribution in [3.8, 4) is 11.3 Å². The standard InChI is InChI=1S/C22H18NO.C5H8O2.Ir/c1-14-10-11-18(21-16-7-3-2-6-15(16)12-13-23-21)22-20(14)17-8-4-5-9-19(17)24-22;1-4(6)3-5(2)7;/h2-3,6-7,10,12-13H,4-5,8-9H2,1H3;3,6H,1-2H3;/q-1;;/b;4-3-;. The molecule has 5 heteroatoms. The number of aliphatic hydroxyl groups excluding tert-OH is 1. The normalized spacial score (nSPS) is 13.2. The third kappa shape index (κ3) is 4.85. The first kappa shape index (κ1) is 23.9. The molecular formula is C27H26IrNO3-. The van der Waals surface area contributed by atoms with E-state index in [1.807, 2.05) is 6.20 Å². The number of nitrogens with zero attached hydrogens (tertiary/aromatic N) is 1. The van der Waals surface area contributed by atoms with Gasteiger partial charge >= 0.3 is 0 Å². The maximum Gasteiger partial charge on any atom is 0.155 e. The number of carbonyl (C=O) groups is 1. The summed E-state index contributed by atoms with van der Waals surface area (Å²) in [6.07, 6.45) is 7.68. The third-order valence-electron chi connectivity index (χ3n) is 5.55. The van der Waals surface area contributed by atoms with Crippen molar-refractivity contribution in [2.45, 2.75) is 46.5 Å². The molecule has 32 heavy (non-hydrogen) atoms. The summed E-state index contributed by atoms with van der Waals surface area (Å²) >= 11 is 0. The number of aromatic nitrogens is 1. The van der Waals surface area contributed by atoms with E-state index in [4.69, 9.17) is 9.52 Å². The van der Waals surface area contributed by atoms with E-state index in [0.717, 1.165) is 35.1 Å². The third-order valence-corrected chi connectivity index (χ3v) is 5.55. The number of rotatable bonds is 2. The molecular weight excluding hydrogens is 579 g/mol. The zero-order chi connectivity index (χ0) is 22.0. The van der Waals surface area contributed by atoms with E-state index in [2.05, 4.69) is 54.4 Å². The first-order valence-corrected chi connectivity index (χ1v) is 10.6. The summed E-state index contributed by atoms with van der Waals surface area (Å²) in [4.78, 5) is 14.7. The van der Waals surface area contributed by atoms with Crippen molar-refractivity contribution >= 4 is 27.5 Å². The van der Waals surface area contributed by atoms with Gasteiger partial charge in [-0.3, -0.25) is 4.79 Å². The quantitative estimate of drug-likeness (QED) is 0.158. The molecule has 1 aliphatic carbocycles. The molecule has 2 heterocycles. The van der Waals surface area contributed by atoms with Crippen molar-refractivity contribution in [2.24, 2.45) is 0 Å². The fourth-order valence-corrected chi connectivity index (χ4v) is 4.27. The van der Waals surface area contributed by atoms with E-state index in [1.54, 1.807) is 0 Å². The number of hydrogen-bond acceptors (Lipinski definition) is 4. The largest absolute Gasteiger partial charge is 0.512 e. The van der Waals surface area contributed by atoms with Crippen molar-refractivity contribution in [3.05, 3.63) is 77.4 Å². The molecule has 4 aromatic rings. The van der Waals surface area contributed by atoms with Crippen LogP contribution in [-0.2, 0) is 37.7 Å². The van der Waals surface area contributed by atoms with Gasteiger partial charge in [0.05, 0.1) is 17.1 Å². The average Bonchev–Trinajstić information content (AvgIpc) is 3.14. The average molecular weight is 605 g/mol. The molecule has 0 atom stereocenters. The van der Waals surface area contributed by atoms with Crippen LogP contribution in [-0.4, -0.2) is 15.9 Å². The Hall–Kier alpha value is -2.75. The van der Waals surface area contributed by atoms with Gasteiger partial charge in [-0.05, 0) is 61.2 Å². The number of pyridine rings is 1. The summed E-state index contributed by atoms with van der Waals surface area (Å²) < 4.78 is 6.33. The Morgan fingerprint density at radius 3 is 2.62 bits per heavy atom. The molecule has 5 rings (SSSR count). The number of ketones is 1. The second-order valence-electron chi connectivity index (χ2n) is 8.04. The minimum atomic E-state index is -0.125. The van der Waals surface area contributed by atoms with Gasteiger partial charge < -0.3 is 14.5 Å². The Morgan fingerprint density at radius 1 is 1.16 bits per heavy atom. The summed E-state index contributed by atoms with van der Waals surface area (Å²) in [6.45, 7) is 5.00. The molecule has 167 valence electrons.